The lowest BCUT2D eigenvalue weighted by molar-refractivity contribution is -0.157. The number of nitrogens with one attached hydrogen (secondary N) is 7. The van der Waals surface area contributed by atoms with Gasteiger partial charge in [-0.2, -0.15) is 12.6 Å². The molecule has 1 aliphatic rings. The van der Waals surface area contributed by atoms with Crippen molar-refractivity contribution in [3.8, 4) is 0 Å². The number of thiol groups is 1. The second-order valence-electron chi connectivity index (χ2n) is 22.6. The van der Waals surface area contributed by atoms with Gasteiger partial charge in [-0.3, -0.25) is 62.9 Å². The summed E-state index contributed by atoms with van der Waals surface area (Å²) in [6.45, 7) is 9.56. The third-order valence-electron chi connectivity index (χ3n) is 15.4. The molecular weight excluding hydrogens is 1170 g/mol. The van der Waals surface area contributed by atoms with Crippen LogP contribution in [0.25, 0.3) is 0 Å². The minimum atomic E-state index is -2.00. The van der Waals surface area contributed by atoms with Crippen LogP contribution in [0.1, 0.15) is 143 Å². The number of carbonyl (C=O) groups is 11. The van der Waals surface area contributed by atoms with E-state index in [1.54, 1.807) is 58.0 Å². The highest BCUT2D eigenvalue weighted by molar-refractivity contribution is 7.80. The average Bonchev–Trinajstić information content (AvgIpc) is 2.58. The summed E-state index contributed by atoms with van der Waals surface area (Å²) in [5.74, 6) is -11.1. The fraction of sp³-hybridized carbons (Fsp3) is 0.655. The van der Waals surface area contributed by atoms with E-state index in [1.807, 2.05) is 0 Å². The number of carbonyl (C=O) groups excluding carboxylic acids is 10. The van der Waals surface area contributed by atoms with Crippen LogP contribution in [-0.2, 0) is 59.2 Å². The van der Waals surface area contributed by atoms with Crippen LogP contribution in [0.4, 0.5) is 0 Å². The first-order chi connectivity index (χ1) is 42.1. The smallest absolute Gasteiger partial charge is 0.305 e. The molecule has 31 heteroatoms. The summed E-state index contributed by atoms with van der Waals surface area (Å²) in [6, 6.07) is -3.07. The molecule has 8 amide bonds. The number of aliphatic imine (C=N–C) groups is 3. The predicted molar refractivity (Wildman–Crippen MR) is 340 cm³/mol. The first-order valence-corrected chi connectivity index (χ1v) is 30.9. The maximum absolute atomic E-state index is 15.6. The van der Waals surface area contributed by atoms with E-state index < -0.39 is 137 Å². The number of benzene rings is 1. The van der Waals surface area contributed by atoms with Crippen molar-refractivity contribution < 1.29 is 57.8 Å². The largest absolute Gasteiger partial charge is 0.481 e. The Balaban J connectivity index is 2.67. The van der Waals surface area contributed by atoms with E-state index in [0.717, 1.165) is 6.42 Å². The van der Waals surface area contributed by atoms with E-state index in [4.69, 9.17) is 40.1 Å². The van der Waals surface area contributed by atoms with Crippen LogP contribution in [0.15, 0.2) is 45.3 Å². The molecule has 0 aliphatic heterocycles. The quantitative estimate of drug-likeness (QED) is 0.00819. The van der Waals surface area contributed by atoms with Gasteiger partial charge in [0.25, 0.3) is 0 Å². The molecule has 1 fully saturated rings. The molecule has 22 N–H and O–H groups in total. The molecule has 89 heavy (non-hydrogen) atoms. The SMILES string of the molecule is CC[C@H](C)[C@H](NC(=O)[C@H](CCCN=C(N)N)NC(=O)[C@H](CCCN=C(N)N)NC(=O)[C@H](C)NC(=O)[C@H](C)N)C(=O)N[C@@H](CC(=O)O)C(=O)N[C@@H](CCCN=C(N)N)C(=O)N[C@H](C(=O)N(C1CCCCC1)[C@](C=O)(Cc1ccccc1)C(=O)CCS)[C@@H](C)CC. The molecule has 0 bridgehead atoms. The van der Waals surface area contributed by atoms with Gasteiger partial charge in [0.15, 0.2) is 35.5 Å². The normalized spacial score (nSPS) is 16.3. The number of nitrogens with zero attached hydrogens (tertiary/aromatic N) is 4. The van der Waals surface area contributed by atoms with E-state index in [-0.39, 0.29) is 101 Å². The standard InChI is InChI=1S/C58H98N18O12S/c1-7-33(3)45(74-50(84)40(23-16-27-67-56(62)63)71-49(83)39(22-15-26-66-55(60)61)70-48(82)36(6)69-47(81)35(5)59)53(87)73-42(30-44(79)80)52(86)72-41(24-17-28-68-57(64)65)51(85)75-46(34(4)8-2)54(88)76(38-20-13-10-14-21-38)58(32-77,43(78)25-29-89)31-37-18-11-9-12-19-37/h9,11-12,18-19,32-36,38-42,45-46,89H,7-8,10,13-17,20-31,59H2,1-6H3,(H,69,81)(H,70,82)(H,71,83)(H,72,86)(H,73,87)(H,74,84)(H,75,85)(H,79,80)(H4,60,61,66)(H4,62,63,67)(H4,64,65,68)/t33-,34-,35-,36-,39-,40-,41-,42-,45-,46-,58-/m0/s1. The Morgan fingerprint density at radius 3 is 1.46 bits per heavy atom. The van der Waals surface area contributed by atoms with Gasteiger partial charge in [0.1, 0.15) is 42.3 Å². The van der Waals surface area contributed by atoms with Crippen molar-refractivity contribution in [1.82, 2.24) is 42.1 Å². The van der Waals surface area contributed by atoms with Gasteiger partial charge in [-0.1, -0.05) is 90.1 Å². The van der Waals surface area contributed by atoms with Crippen LogP contribution in [0.2, 0.25) is 0 Å². The summed E-state index contributed by atoms with van der Waals surface area (Å²) < 4.78 is 0. The summed E-state index contributed by atoms with van der Waals surface area (Å²) in [7, 11) is 0. The van der Waals surface area contributed by atoms with Crippen LogP contribution in [0.5, 0.6) is 0 Å². The van der Waals surface area contributed by atoms with E-state index in [2.05, 4.69) is 64.8 Å². The lowest BCUT2D eigenvalue weighted by atomic mass is 9.80. The Kier molecular flexibility index (Phi) is 34.4. The lowest BCUT2D eigenvalue weighted by Gasteiger charge is -2.47. The first kappa shape index (κ1) is 77.0. The lowest BCUT2D eigenvalue weighted by Crippen LogP contribution is -2.68. The second kappa shape index (κ2) is 39.7. The molecule has 0 heterocycles. The first-order valence-electron chi connectivity index (χ1n) is 30.3. The molecule has 0 aromatic heterocycles. The van der Waals surface area contributed by atoms with E-state index in [9.17, 15) is 53.1 Å². The van der Waals surface area contributed by atoms with E-state index in [0.29, 0.717) is 44.0 Å². The predicted octanol–water partition coefficient (Wildman–Crippen LogP) is -2.29. The van der Waals surface area contributed by atoms with Crippen molar-refractivity contribution in [2.24, 2.45) is 66.9 Å². The van der Waals surface area contributed by atoms with Gasteiger partial charge in [0, 0.05) is 38.5 Å². The zero-order valence-corrected chi connectivity index (χ0v) is 53.1. The van der Waals surface area contributed by atoms with Crippen molar-refractivity contribution in [3.05, 3.63) is 35.9 Å². The maximum Gasteiger partial charge on any atom is 0.305 e. The van der Waals surface area contributed by atoms with Crippen molar-refractivity contribution in [2.45, 2.75) is 204 Å². The number of aliphatic carboxylic acids is 1. The van der Waals surface area contributed by atoms with Crippen LogP contribution in [0.3, 0.4) is 0 Å². The average molecular weight is 1270 g/mol. The zero-order chi connectivity index (χ0) is 67.0. The summed E-state index contributed by atoms with van der Waals surface area (Å²) in [5.41, 5.74) is 37.5. The van der Waals surface area contributed by atoms with Crippen molar-refractivity contribution in [1.29, 1.82) is 0 Å². The van der Waals surface area contributed by atoms with Crippen LogP contribution >= 0.6 is 12.6 Å². The van der Waals surface area contributed by atoms with Gasteiger partial charge in [-0.15, -0.1) is 0 Å². The number of carboxylic acids is 1. The number of amides is 8. The molecule has 30 nitrogen and oxygen atoms in total. The highest BCUT2D eigenvalue weighted by atomic mass is 32.1. The number of ketones is 1. The molecule has 1 saturated carbocycles. The number of hydrogen-bond acceptors (Lipinski definition) is 16. The fourth-order valence-corrected chi connectivity index (χ4v) is 10.2. The summed E-state index contributed by atoms with van der Waals surface area (Å²) >= 11 is 4.32. The van der Waals surface area contributed by atoms with Crippen LogP contribution in [0, 0.1) is 11.8 Å². The molecule has 1 aromatic carbocycles. The van der Waals surface area contributed by atoms with Crippen LogP contribution < -0.4 is 77.4 Å². The molecule has 0 spiro atoms. The third-order valence-corrected chi connectivity index (χ3v) is 15.6. The summed E-state index contributed by atoms with van der Waals surface area (Å²) in [6.07, 6.45) is 2.80. The second-order valence-corrected chi connectivity index (χ2v) is 23.0. The van der Waals surface area contributed by atoms with Crippen molar-refractivity contribution in [3.63, 3.8) is 0 Å². The van der Waals surface area contributed by atoms with Gasteiger partial charge in [0.2, 0.25) is 47.3 Å². The Hall–Kier alpha value is -8.09. The Labute approximate surface area is 526 Å². The molecule has 11 atom stereocenters. The molecule has 2 rings (SSSR count). The molecule has 0 saturated heterocycles. The minimum Gasteiger partial charge on any atom is -0.481 e. The highest BCUT2D eigenvalue weighted by Crippen LogP contribution is 2.34. The number of Topliss-reactive ketones (excluding diaryl/α,β-unsaturated/α-hetero) is 1. The number of carboxylic acid groups (broad SMARTS) is 1. The van der Waals surface area contributed by atoms with Gasteiger partial charge in [0.05, 0.1) is 12.5 Å². The maximum atomic E-state index is 15.6. The van der Waals surface area contributed by atoms with Gasteiger partial charge in [-0.25, -0.2) is 0 Å². The van der Waals surface area contributed by atoms with Crippen molar-refractivity contribution >= 4 is 95.8 Å². The van der Waals surface area contributed by atoms with Crippen molar-refractivity contribution in [2.75, 3.05) is 25.4 Å². The molecule has 0 unspecified atom stereocenters. The minimum absolute atomic E-state index is 0.00709. The number of rotatable bonds is 41. The fourth-order valence-electron chi connectivity index (χ4n) is 10.0. The molecule has 1 aliphatic carbocycles. The monoisotopic (exact) mass is 1270 g/mol. The van der Waals surface area contributed by atoms with Crippen LogP contribution in [-0.4, -0.2) is 178 Å². The number of aldehydes is 1. The Bertz CT molecular complexity index is 2610. The summed E-state index contributed by atoms with van der Waals surface area (Å²) in [4.78, 5) is 168. The number of nitrogens with two attached hydrogens (primary N) is 7. The highest BCUT2D eigenvalue weighted by Gasteiger charge is 2.51. The molecule has 498 valence electrons. The topological polar surface area (TPSA) is 515 Å². The number of guanidine groups is 3. The molecule has 1 aromatic rings. The number of hydrogen-bond donors (Lipinski definition) is 16. The van der Waals surface area contributed by atoms with Gasteiger partial charge in [-0.05, 0) is 88.4 Å². The van der Waals surface area contributed by atoms with Gasteiger partial charge >= 0.3 is 5.97 Å². The zero-order valence-electron chi connectivity index (χ0n) is 52.2. The Morgan fingerprint density at radius 1 is 0.607 bits per heavy atom. The molecular formula is C58H98N18O12S. The third kappa shape index (κ3) is 26.3. The summed E-state index contributed by atoms with van der Waals surface area (Å²) in [5, 5.41) is 28.3. The van der Waals surface area contributed by atoms with Gasteiger partial charge < -0.3 is 92.2 Å². The Morgan fingerprint density at radius 2 is 1.03 bits per heavy atom. The van der Waals surface area contributed by atoms with E-state index in [1.165, 1.54) is 18.7 Å². The molecule has 0 radical (unpaired) electrons. The van der Waals surface area contributed by atoms with E-state index >= 15 is 4.79 Å².